The van der Waals surface area contributed by atoms with E-state index in [0.29, 0.717) is 35.2 Å². The summed E-state index contributed by atoms with van der Waals surface area (Å²) in [6.45, 7) is 0.725. The van der Waals surface area contributed by atoms with Gasteiger partial charge >= 0.3 is 0 Å². The largest absolute Gasteiger partial charge is 0.493 e. The number of ether oxygens (including phenoxy) is 4. The number of anilines is 1. The molecule has 0 unspecified atom stereocenters. The van der Waals surface area contributed by atoms with E-state index in [-0.39, 0.29) is 5.91 Å². The van der Waals surface area contributed by atoms with Gasteiger partial charge in [0.25, 0.3) is 0 Å². The summed E-state index contributed by atoms with van der Waals surface area (Å²) in [5.74, 6) is 2.52. The molecule has 2 heterocycles. The van der Waals surface area contributed by atoms with Gasteiger partial charge in [0.2, 0.25) is 11.7 Å². The van der Waals surface area contributed by atoms with Crippen LogP contribution in [0.4, 0.5) is 5.13 Å². The number of fused-ring (bicyclic) bond motifs is 1. The third kappa shape index (κ3) is 4.59. The molecule has 0 aliphatic carbocycles. The lowest BCUT2D eigenvalue weighted by atomic mass is 10.1. The van der Waals surface area contributed by atoms with Crippen molar-refractivity contribution in [2.45, 2.75) is 19.3 Å². The van der Waals surface area contributed by atoms with Crippen LogP contribution in [-0.4, -0.2) is 38.8 Å². The number of hydrogen-bond acceptors (Lipinski definition) is 7. The molecule has 0 saturated heterocycles. The maximum absolute atomic E-state index is 12.5. The van der Waals surface area contributed by atoms with Gasteiger partial charge in [-0.05, 0) is 47.9 Å². The minimum Gasteiger partial charge on any atom is -0.493 e. The standard InChI is InChI=1S/C23H24N2O5S/c1-27-19-10-14(11-20(28-2)22(19)29-3)4-7-21(26)25-23-24-17(13-31-23)15-5-6-18-16(12-15)8-9-30-18/h5-6,10-13H,4,7-9H2,1-3H3,(H,24,25,26). The number of rotatable bonds is 8. The highest BCUT2D eigenvalue weighted by Gasteiger charge is 2.16. The van der Waals surface area contributed by atoms with E-state index in [2.05, 4.69) is 16.4 Å². The van der Waals surface area contributed by atoms with Crippen molar-refractivity contribution in [3.63, 3.8) is 0 Å². The molecule has 3 aromatic rings. The van der Waals surface area contributed by atoms with Crippen molar-refractivity contribution >= 4 is 22.4 Å². The van der Waals surface area contributed by atoms with E-state index >= 15 is 0 Å². The molecule has 0 bridgehead atoms. The number of carbonyl (C=O) groups is 1. The van der Waals surface area contributed by atoms with E-state index in [4.69, 9.17) is 18.9 Å². The van der Waals surface area contributed by atoms with Crippen molar-refractivity contribution in [2.24, 2.45) is 0 Å². The van der Waals surface area contributed by atoms with Crippen LogP contribution in [0.5, 0.6) is 23.0 Å². The first-order valence-corrected chi connectivity index (χ1v) is 10.8. The Bertz CT molecular complexity index is 1070. The van der Waals surface area contributed by atoms with Gasteiger partial charge in [-0.25, -0.2) is 4.98 Å². The SMILES string of the molecule is COc1cc(CCC(=O)Nc2nc(-c3ccc4c(c3)CCO4)cs2)cc(OC)c1OC. The number of aryl methyl sites for hydroxylation is 1. The van der Waals surface area contributed by atoms with Crippen molar-refractivity contribution in [1.82, 2.24) is 4.98 Å². The molecule has 7 nitrogen and oxygen atoms in total. The first kappa shape index (κ1) is 21.0. The summed E-state index contributed by atoms with van der Waals surface area (Å²) in [6.07, 6.45) is 1.76. The average Bonchev–Trinajstić information content (AvgIpc) is 3.45. The Hall–Kier alpha value is -3.26. The monoisotopic (exact) mass is 440 g/mol. The maximum Gasteiger partial charge on any atom is 0.226 e. The summed E-state index contributed by atoms with van der Waals surface area (Å²) in [6, 6.07) is 9.79. The Morgan fingerprint density at radius 3 is 2.61 bits per heavy atom. The van der Waals surface area contributed by atoms with E-state index in [1.54, 1.807) is 21.3 Å². The summed E-state index contributed by atoms with van der Waals surface area (Å²) in [5, 5.41) is 5.43. The fourth-order valence-corrected chi connectivity index (χ4v) is 4.26. The third-order valence-electron chi connectivity index (χ3n) is 5.10. The molecule has 1 N–H and O–H groups in total. The fraction of sp³-hybridized carbons (Fsp3) is 0.304. The molecule has 1 aliphatic rings. The van der Waals surface area contributed by atoms with Gasteiger partial charge in [-0.15, -0.1) is 11.3 Å². The number of thiazole rings is 1. The van der Waals surface area contributed by atoms with Gasteiger partial charge in [0, 0.05) is 23.8 Å². The van der Waals surface area contributed by atoms with E-state index in [1.165, 1.54) is 16.9 Å². The molecule has 1 amide bonds. The molecule has 1 aliphatic heterocycles. The second-order valence-electron chi connectivity index (χ2n) is 7.04. The summed E-state index contributed by atoms with van der Waals surface area (Å²) >= 11 is 1.41. The van der Waals surface area contributed by atoms with Crippen molar-refractivity contribution < 1.29 is 23.7 Å². The Morgan fingerprint density at radius 2 is 1.90 bits per heavy atom. The predicted molar refractivity (Wildman–Crippen MR) is 120 cm³/mol. The molecule has 1 aromatic heterocycles. The number of carbonyl (C=O) groups excluding carboxylic acids is 1. The molecule has 0 radical (unpaired) electrons. The number of methoxy groups -OCH3 is 3. The predicted octanol–water partition coefficient (Wildman–Crippen LogP) is 4.34. The molecule has 4 rings (SSSR count). The quantitative estimate of drug-likeness (QED) is 0.561. The van der Waals surface area contributed by atoms with Crippen LogP contribution in [0.15, 0.2) is 35.7 Å². The van der Waals surface area contributed by atoms with E-state index < -0.39 is 0 Å². The number of benzene rings is 2. The summed E-state index contributed by atoms with van der Waals surface area (Å²) in [7, 11) is 4.70. The number of nitrogens with one attached hydrogen (secondary N) is 1. The molecule has 162 valence electrons. The lowest BCUT2D eigenvalue weighted by Gasteiger charge is -2.14. The molecule has 8 heteroatoms. The highest BCUT2D eigenvalue weighted by Crippen LogP contribution is 2.38. The second-order valence-corrected chi connectivity index (χ2v) is 7.90. The molecular weight excluding hydrogens is 416 g/mol. The lowest BCUT2D eigenvalue weighted by molar-refractivity contribution is -0.116. The molecule has 0 saturated carbocycles. The minimum atomic E-state index is -0.1000. The normalized spacial score (nSPS) is 12.1. The first-order chi connectivity index (χ1) is 15.1. The molecular formula is C23H24N2O5S. The molecule has 0 spiro atoms. The van der Waals surface area contributed by atoms with E-state index in [0.717, 1.165) is 35.6 Å². The zero-order valence-corrected chi connectivity index (χ0v) is 18.5. The molecule has 31 heavy (non-hydrogen) atoms. The minimum absolute atomic E-state index is 0.1000. The van der Waals surface area contributed by atoms with E-state index in [9.17, 15) is 4.79 Å². The third-order valence-corrected chi connectivity index (χ3v) is 5.86. The number of nitrogens with zero attached hydrogens (tertiary/aromatic N) is 1. The molecule has 2 aromatic carbocycles. The lowest BCUT2D eigenvalue weighted by Crippen LogP contribution is -2.12. The number of amides is 1. The van der Waals surface area contributed by atoms with Gasteiger partial charge in [0.15, 0.2) is 16.6 Å². The van der Waals surface area contributed by atoms with Gasteiger partial charge in [0.1, 0.15) is 5.75 Å². The van der Waals surface area contributed by atoms with Gasteiger partial charge in [-0.2, -0.15) is 0 Å². The zero-order chi connectivity index (χ0) is 21.8. The van der Waals surface area contributed by atoms with Crippen LogP contribution < -0.4 is 24.3 Å². The Labute approximate surface area is 184 Å². The average molecular weight is 441 g/mol. The highest BCUT2D eigenvalue weighted by atomic mass is 32.1. The summed E-state index contributed by atoms with van der Waals surface area (Å²) in [4.78, 5) is 17.0. The van der Waals surface area contributed by atoms with Crippen LogP contribution in [-0.2, 0) is 17.6 Å². The van der Waals surface area contributed by atoms with Crippen molar-refractivity contribution in [3.8, 4) is 34.3 Å². The van der Waals surface area contributed by atoms with Gasteiger partial charge in [0.05, 0.1) is 33.6 Å². The smallest absolute Gasteiger partial charge is 0.226 e. The topological polar surface area (TPSA) is 78.9 Å². The molecule has 0 atom stereocenters. The van der Waals surface area contributed by atoms with Crippen LogP contribution in [0.25, 0.3) is 11.3 Å². The summed E-state index contributed by atoms with van der Waals surface area (Å²) in [5.41, 5.74) is 3.99. The van der Waals surface area contributed by atoms with E-state index in [1.807, 2.05) is 29.6 Å². The Morgan fingerprint density at radius 1 is 1.13 bits per heavy atom. The second kappa shape index (κ2) is 9.26. The maximum atomic E-state index is 12.5. The van der Waals surface area contributed by atoms with Crippen LogP contribution >= 0.6 is 11.3 Å². The van der Waals surface area contributed by atoms with Crippen LogP contribution in [0.2, 0.25) is 0 Å². The van der Waals surface area contributed by atoms with Crippen molar-refractivity contribution in [1.29, 1.82) is 0 Å². The zero-order valence-electron chi connectivity index (χ0n) is 17.7. The Kier molecular flexibility index (Phi) is 6.27. The number of aromatic nitrogens is 1. The number of hydrogen-bond donors (Lipinski definition) is 1. The first-order valence-electron chi connectivity index (χ1n) is 9.91. The van der Waals surface area contributed by atoms with Gasteiger partial charge < -0.3 is 24.3 Å². The van der Waals surface area contributed by atoms with Crippen molar-refractivity contribution in [2.75, 3.05) is 33.3 Å². The van der Waals surface area contributed by atoms with Crippen LogP contribution in [0.3, 0.4) is 0 Å². The van der Waals surface area contributed by atoms with Crippen LogP contribution in [0, 0.1) is 0 Å². The Balaban J connectivity index is 1.39. The highest BCUT2D eigenvalue weighted by molar-refractivity contribution is 7.14. The summed E-state index contributed by atoms with van der Waals surface area (Å²) < 4.78 is 21.6. The molecule has 0 fully saturated rings. The van der Waals surface area contributed by atoms with Gasteiger partial charge in [-0.3, -0.25) is 4.79 Å². The van der Waals surface area contributed by atoms with Crippen molar-refractivity contribution in [3.05, 3.63) is 46.8 Å². The van der Waals surface area contributed by atoms with Gasteiger partial charge in [-0.1, -0.05) is 0 Å². The fourth-order valence-electron chi connectivity index (χ4n) is 3.53. The van der Waals surface area contributed by atoms with Crippen LogP contribution in [0.1, 0.15) is 17.5 Å².